The molecule has 1 aromatic rings. The molecule has 130 valence electrons. The summed E-state index contributed by atoms with van der Waals surface area (Å²) in [5.41, 5.74) is -0.203. The largest absolute Gasteiger partial charge is 0.357 e. The molecule has 1 aromatic carbocycles. The summed E-state index contributed by atoms with van der Waals surface area (Å²) < 4.78 is 26.2. The van der Waals surface area contributed by atoms with Crippen molar-refractivity contribution in [2.24, 2.45) is 0 Å². The van der Waals surface area contributed by atoms with E-state index < -0.39 is 29.6 Å². The van der Waals surface area contributed by atoms with Gasteiger partial charge < -0.3 is 20.9 Å². The molecule has 1 heterocycles. The van der Waals surface area contributed by atoms with E-state index >= 15 is 0 Å². The van der Waals surface area contributed by atoms with Gasteiger partial charge in [-0.2, -0.15) is 0 Å². The quantitative estimate of drug-likeness (QED) is 0.758. The van der Waals surface area contributed by atoms with Gasteiger partial charge in [0.2, 0.25) is 11.8 Å². The van der Waals surface area contributed by atoms with Crippen LogP contribution in [0.2, 0.25) is 0 Å². The number of rotatable bonds is 4. The standard InChI is InChI=1S/C15H18F2N4O3/c1-18-14(23)12-3-2-6-21(12)13(22)8-19-15(24)20-11-5-4-9(16)7-10(11)17/h4-5,7,12H,2-3,6,8H2,1H3,(H,18,23)(H2,19,20,24)/t12-/m0/s1. The Bertz CT molecular complexity index is 654. The third-order valence-corrected chi connectivity index (χ3v) is 3.70. The van der Waals surface area contributed by atoms with Gasteiger partial charge in [-0.3, -0.25) is 9.59 Å². The van der Waals surface area contributed by atoms with Crippen molar-refractivity contribution in [3.8, 4) is 0 Å². The summed E-state index contributed by atoms with van der Waals surface area (Å²) in [6, 6.07) is 1.38. The number of likely N-dealkylation sites (N-methyl/N-ethyl adjacent to an activating group) is 1. The fourth-order valence-corrected chi connectivity index (χ4v) is 2.52. The summed E-state index contributed by atoms with van der Waals surface area (Å²) in [5.74, 6) is -2.34. The number of nitrogens with one attached hydrogen (secondary N) is 3. The maximum absolute atomic E-state index is 13.4. The highest BCUT2D eigenvalue weighted by atomic mass is 19.1. The molecule has 0 spiro atoms. The zero-order valence-corrected chi connectivity index (χ0v) is 13.1. The van der Waals surface area contributed by atoms with E-state index in [0.29, 0.717) is 25.5 Å². The maximum Gasteiger partial charge on any atom is 0.319 e. The molecule has 0 saturated carbocycles. The van der Waals surface area contributed by atoms with Crippen molar-refractivity contribution in [2.45, 2.75) is 18.9 Å². The Morgan fingerprint density at radius 3 is 2.71 bits per heavy atom. The van der Waals surface area contributed by atoms with Gasteiger partial charge in [-0.15, -0.1) is 0 Å². The molecule has 1 fully saturated rings. The predicted octanol–water partition coefficient (Wildman–Crippen LogP) is 0.823. The molecule has 9 heteroatoms. The minimum absolute atomic E-state index is 0.203. The second-order valence-electron chi connectivity index (χ2n) is 5.29. The third-order valence-electron chi connectivity index (χ3n) is 3.70. The molecule has 7 nitrogen and oxygen atoms in total. The van der Waals surface area contributed by atoms with E-state index in [4.69, 9.17) is 0 Å². The molecule has 0 bridgehead atoms. The minimum atomic E-state index is -0.921. The zero-order valence-electron chi connectivity index (χ0n) is 13.1. The van der Waals surface area contributed by atoms with Crippen LogP contribution in [0.25, 0.3) is 0 Å². The second kappa shape index (κ2) is 7.71. The lowest BCUT2D eigenvalue weighted by Gasteiger charge is -2.23. The number of urea groups is 1. The number of halogens is 2. The van der Waals surface area contributed by atoms with Crippen LogP contribution in [0.4, 0.5) is 19.3 Å². The average molecular weight is 340 g/mol. The van der Waals surface area contributed by atoms with Gasteiger partial charge in [-0.25, -0.2) is 13.6 Å². The Kier molecular flexibility index (Phi) is 5.67. The van der Waals surface area contributed by atoms with Crippen LogP contribution in [0, 0.1) is 11.6 Å². The van der Waals surface area contributed by atoms with E-state index in [2.05, 4.69) is 16.0 Å². The van der Waals surface area contributed by atoms with Crippen molar-refractivity contribution < 1.29 is 23.2 Å². The van der Waals surface area contributed by atoms with Gasteiger partial charge in [0.1, 0.15) is 17.7 Å². The van der Waals surface area contributed by atoms with E-state index in [1.807, 2.05) is 0 Å². The smallest absolute Gasteiger partial charge is 0.319 e. The molecule has 0 aliphatic carbocycles. The molecule has 24 heavy (non-hydrogen) atoms. The van der Waals surface area contributed by atoms with Crippen molar-refractivity contribution in [3.05, 3.63) is 29.8 Å². The fourth-order valence-electron chi connectivity index (χ4n) is 2.52. The summed E-state index contributed by atoms with van der Waals surface area (Å²) in [4.78, 5) is 36.9. The van der Waals surface area contributed by atoms with Crippen molar-refractivity contribution in [3.63, 3.8) is 0 Å². The van der Waals surface area contributed by atoms with Crippen molar-refractivity contribution >= 4 is 23.5 Å². The lowest BCUT2D eigenvalue weighted by atomic mass is 10.2. The van der Waals surface area contributed by atoms with E-state index in [9.17, 15) is 23.2 Å². The van der Waals surface area contributed by atoms with Gasteiger partial charge in [-0.05, 0) is 25.0 Å². The minimum Gasteiger partial charge on any atom is -0.357 e. The number of hydrogen-bond acceptors (Lipinski definition) is 3. The number of carbonyl (C=O) groups is 3. The second-order valence-corrected chi connectivity index (χ2v) is 5.29. The number of anilines is 1. The van der Waals surface area contributed by atoms with Crippen LogP contribution >= 0.6 is 0 Å². The highest BCUT2D eigenvalue weighted by molar-refractivity contribution is 5.94. The van der Waals surface area contributed by atoms with Gasteiger partial charge in [-0.1, -0.05) is 0 Å². The molecule has 0 aromatic heterocycles. The van der Waals surface area contributed by atoms with Crippen LogP contribution in [-0.2, 0) is 9.59 Å². The lowest BCUT2D eigenvalue weighted by molar-refractivity contribution is -0.137. The SMILES string of the molecule is CNC(=O)[C@@H]1CCCN1C(=O)CNC(=O)Nc1ccc(F)cc1F. The van der Waals surface area contributed by atoms with Gasteiger partial charge >= 0.3 is 6.03 Å². The molecule has 1 atom stereocenters. The van der Waals surface area contributed by atoms with Gasteiger partial charge in [0.15, 0.2) is 0 Å². The summed E-state index contributed by atoms with van der Waals surface area (Å²) in [6.45, 7) is 0.106. The average Bonchev–Trinajstić information content (AvgIpc) is 3.04. The first kappa shape index (κ1) is 17.6. The molecule has 0 unspecified atom stereocenters. The van der Waals surface area contributed by atoms with E-state index in [0.717, 1.165) is 12.1 Å². The first-order chi connectivity index (χ1) is 11.4. The monoisotopic (exact) mass is 340 g/mol. The maximum atomic E-state index is 13.4. The Morgan fingerprint density at radius 1 is 1.29 bits per heavy atom. The van der Waals surface area contributed by atoms with E-state index in [1.165, 1.54) is 11.9 Å². The Hall–Kier alpha value is -2.71. The van der Waals surface area contributed by atoms with Crippen LogP contribution in [0.1, 0.15) is 12.8 Å². The summed E-state index contributed by atoms with van der Waals surface area (Å²) in [7, 11) is 1.49. The van der Waals surface area contributed by atoms with Gasteiger partial charge in [0.25, 0.3) is 0 Å². The number of likely N-dealkylation sites (tertiary alicyclic amines) is 1. The first-order valence-corrected chi connectivity index (χ1v) is 7.43. The van der Waals surface area contributed by atoms with Crippen molar-refractivity contribution in [1.82, 2.24) is 15.5 Å². The molecule has 1 aliphatic heterocycles. The molecule has 4 amide bonds. The fraction of sp³-hybridized carbons (Fsp3) is 0.400. The molecule has 2 rings (SSSR count). The molecule has 0 radical (unpaired) electrons. The number of hydrogen-bond donors (Lipinski definition) is 3. The predicted molar refractivity (Wildman–Crippen MR) is 82.2 cm³/mol. The highest BCUT2D eigenvalue weighted by Gasteiger charge is 2.33. The third kappa shape index (κ3) is 4.18. The normalized spacial score (nSPS) is 16.6. The first-order valence-electron chi connectivity index (χ1n) is 7.43. The van der Waals surface area contributed by atoms with Crippen LogP contribution in [-0.4, -0.2) is 48.9 Å². The molecule has 3 N–H and O–H groups in total. The van der Waals surface area contributed by atoms with Crippen molar-refractivity contribution in [1.29, 1.82) is 0 Å². The zero-order chi connectivity index (χ0) is 17.7. The van der Waals surface area contributed by atoms with Crippen LogP contribution in [0.5, 0.6) is 0 Å². The lowest BCUT2D eigenvalue weighted by Crippen LogP contribution is -2.48. The summed E-state index contributed by atoms with van der Waals surface area (Å²) in [6.07, 6.45) is 1.27. The molecule has 1 saturated heterocycles. The Labute approximate surface area is 137 Å². The Morgan fingerprint density at radius 2 is 2.04 bits per heavy atom. The number of amides is 4. The van der Waals surface area contributed by atoms with Gasteiger partial charge in [0.05, 0.1) is 12.2 Å². The summed E-state index contributed by atoms with van der Waals surface area (Å²) in [5, 5.41) is 6.98. The molecular weight excluding hydrogens is 322 g/mol. The Balaban J connectivity index is 1.87. The highest BCUT2D eigenvalue weighted by Crippen LogP contribution is 2.17. The van der Waals surface area contributed by atoms with Crippen LogP contribution < -0.4 is 16.0 Å². The number of benzene rings is 1. The molecule has 1 aliphatic rings. The van der Waals surface area contributed by atoms with Crippen LogP contribution in [0.3, 0.4) is 0 Å². The van der Waals surface area contributed by atoms with E-state index in [1.54, 1.807) is 0 Å². The van der Waals surface area contributed by atoms with Gasteiger partial charge in [0, 0.05) is 19.7 Å². The topological polar surface area (TPSA) is 90.5 Å². The number of nitrogens with zero attached hydrogens (tertiary/aromatic N) is 1. The summed E-state index contributed by atoms with van der Waals surface area (Å²) >= 11 is 0. The van der Waals surface area contributed by atoms with Crippen LogP contribution in [0.15, 0.2) is 18.2 Å². The van der Waals surface area contributed by atoms with E-state index in [-0.39, 0.29) is 18.1 Å². The van der Waals surface area contributed by atoms with Crippen molar-refractivity contribution in [2.75, 3.05) is 25.5 Å². The molecular formula is C15H18F2N4O3. The number of carbonyl (C=O) groups excluding carboxylic acids is 3.